The molecule has 1 aliphatic rings. The van der Waals surface area contributed by atoms with Gasteiger partial charge in [0.05, 0.1) is 17.3 Å². The molecule has 9 heteroatoms. The minimum atomic E-state index is -0.214. The second-order valence-electron chi connectivity index (χ2n) is 8.23. The van der Waals surface area contributed by atoms with Gasteiger partial charge in [0.25, 0.3) is 5.91 Å². The van der Waals surface area contributed by atoms with Crippen molar-refractivity contribution in [2.24, 2.45) is 0 Å². The SMILES string of the molecule is Cc1noc(CCC(=O)N2CCCCC2c2ncc(C(=O)NCc3ccccc3)c(C)n2)n1. The first-order valence-corrected chi connectivity index (χ1v) is 11.3. The summed E-state index contributed by atoms with van der Waals surface area (Å²) in [5, 5.41) is 6.68. The zero-order valence-electron chi connectivity index (χ0n) is 19.0. The summed E-state index contributed by atoms with van der Waals surface area (Å²) in [6.07, 6.45) is 5.00. The molecule has 33 heavy (non-hydrogen) atoms. The van der Waals surface area contributed by atoms with Crippen LogP contribution < -0.4 is 5.32 Å². The van der Waals surface area contributed by atoms with Crippen LogP contribution in [0.5, 0.6) is 0 Å². The van der Waals surface area contributed by atoms with Gasteiger partial charge in [-0.25, -0.2) is 9.97 Å². The zero-order valence-corrected chi connectivity index (χ0v) is 19.0. The van der Waals surface area contributed by atoms with E-state index in [1.54, 1.807) is 20.0 Å². The van der Waals surface area contributed by atoms with Crippen LogP contribution in [0.15, 0.2) is 41.1 Å². The lowest BCUT2D eigenvalue weighted by atomic mass is 10.00. The summed E-state index contributed by atoms with van der Waals surface area (Å²) in [7, 11) is 0. The molecule has 1 atom stereocenters. The maximum Gasteiger partial charge on any atom is 0.254 e. The second-order valence-corrected chi connectivity index (χ2v) is 8.23. The van der Waals surface area contributed by atoms with Gasteiger partial charge < -0.3 is 14.7 Å². The molecule has 0 saturated carbocycles. The van der Waals surface area contributed by atoms with Crippen molar-refractivity contribution in [3.63, 3.8) is 0 Å². The molecular weight excluding hydrogens is 420 g/mol. The summed E-state index contributed by atoms with van der Waals surface area (Å²) in [5.74, 6) is 1.40. The number of nitrogens with zero attached hydrogens (tertiary/aromatic N) is 5. The third-order valence-corrected chi connectivity index (χ3v) is 5.78. The van der Waals surface area contributed by atoms with Gasteiger partial charge in [-0.15, -0.1) is 0 Å². The molecule has 1 fully saturated rings. The fourth-order valence-electron chi connectivity index (χ4n) is 4.04. The quantitative estimate of drug-likeness (QED) is 0.591. The number of carbonyl (C=O) groups is 2. The first kappa shape index (κ1) is 22.6. The average molecular weight is 449 g/mol. The second kappa shape index (κ2) is 10.3. The number of nitrogens with one attached hydrogen (secondary N) is 1. The number of benzene rings is 1. The van der Waals surface area contributed by atoms with Crippen molar-refractivity contribution in [2.45, 2.75) is 58.5 Å². The molecule has 1 N–H and O–H groups in total. The van der Waals surface area contributed by atoms with Crippen molar-refractivity contribution in [2.75, 3.05) is 6.54 Å². The number of hydrogen-bond acceptors (Lipinski definition) is 7. The van der Waals surface area contributed by atoms with Gasteiger partial charge in [0.1, 0.15) is 0 Å². The lowest BCUT2D eigenvalue weighted by Crippen LogP contribution is -2.39. The van der Waals surface area contributed by atoms with Crippen LogP contribution in [-0.4, -0.2) is 43.4 Å². The highest BCUT2D eigenvalue weighted by atomic mass is 16.5. The molecule has 0 radical (unpaired) electrons. The van der Waals surface area contributed by atoms with Crippen molar-refractivity contribution < 1.29 is 14.1 Å². The van der Waals surface area contributed by atoms with Crippen molar-refractivity contribution in [3.05, 3.63) is 70.9 Å². The molecule has 3 aromatic rings. The summed E-state index contributed by atoms with van der Waals surface area (Å²) in [4.78, 5) is 40.7. The Morgan fingerprint density at radius 1 is 1.15 bits per heavy atom. The first-order valence-electron chi connectivity index (χ1n) is 11.3. The topological polar surface area (TPSA) is 114 Å². The molecule has 1 saturated heterocycles. The minimum absolute atomic E-state index is 0.0153. The highest BCUT2D eigenvalue weighted by Gasteiger charge is 2.30. The number of aromatic nitrogens is 4. The third-order valence-electron chi connectivity index (χ3n) is 5.78. The van der Waals surface area contributed by atoms with E-state index in [1.165, 1.54) is 0 Å². The van der Waals surface area contributed by atoms with Crippen LogP contribution in [0.3, 0.4) is 0 Å². The number of carbonyl (C=O) groups excluding carboxylic acids is 2. The van der Waals surface area contributed by atoms with Crippen molar-refractivity contribution in [1.82, 2.24) is 30.3 Å². The van der Waals surface area contributed by atoms with E-state index in [0.717, 1.165) is 24.8 Å². The Bertz CT molecular complexity index is 1110. The number of likely N-dealkylation sites (tertiary alicyclic amines) is 1. The van der Waals surface area contributed by atoms with Gasteiger partial charge in [0.2, 0.25) is 11.8 Å². The zero-order chi connectivity index (χ0) is 23.2. The maximum absolute atomic E-state index is 13.0. The van der Waals surface area contributed by atoms with Gasteiger partial charge in [-0.1, -0.05) is 35.5 Å². The van der Waals surface area contributed by atoms with Crippen LogP contribution in [0.2, 0.25) is 0 Å². The predicted molar refractivity (Wildman–Crippen MR) is 120 cm³/mol. The Labute approximate surface area is 192 Å². The van der Waals surface area contributed by atoms with E-state index < -0.39 is 0 Å². The van der Waals surface area contributed by atoms with Gasteiger partial charge in [-0.05, 0) is 38.7 Å². The fourth-order valence-corrected chi connectivity index (χ4v) is 4.04. The van der Waals surface area contributed by atoms with Crippen molar-refractivity contribution in [1.29, 1.82) is 0 Å². The molecule has 1 aromatic carbocycles. The highest BCUT2D eigenvalue weighted by molar-refractivity contribution is 5.94. The third kappa shape index (κ3) is 5.60. The molecular formula is C24H28N6O3. The van der Waals surface area contributed by atoms with E-state index >= 15 is 0 Å². The van der Waals surface area contributed by atoms with E-state index in [0.29, 0.717) is 48.3 Å². The van der Waals surface area contributed by atoms with Crippen molar-refractivity contribution in [3.8, 4) is 0 Å². The van der Waals surface area contributed by atoms with Crippen LogP contribution in [0.1, 0.15) is 70.9 Å². The molecule has 1 unspecified atom stereocenters. The smallest absolute Gasteiger partial charge is 0.254 e. The Hall–Kier alpha value is -3.62. The lowest BCUT2D eigenvalue weighted by molar-refractivity contribution is -0.135. The molecule has 0 bridgehead atoms. The number of hydrogen-bond donors (Lipinski definition) is 1. The molecule has 3 heterocycles. The summed E-state index contributed by atoms with van der Waals surface area (Å²) in [6, 6.07) is 9.53. The normalized spacial score (nSPS) is 15.9. The average Bonchev–Trinajstić information content (AvgIpc) is 3.26. The molecule has 1 aliphatic heterocycles. The number of aryl methyl sites for hydroxylation is 3. The van der Waals surface area contributed by atoms with Crippen LogP contribution in [-0.2, 0) is 17.8 Å². The van der Waals surface area contributed by atoms with Crippen LogP contribution >= 0.6 is 0 Å². The molecule has 9 nitrogen and oxygen atoms in total. The summed E-state index contributed by atoms with van der Waals surface area (Å²) in [5.41, 5.74) is 2.06. The van der Waals surface area contributed by atoms with E-state index in [2.05, 4.69) is 25.4 Å². The van der Waals surface area contributed by atoms with E-state index in [-0.39, 0.29) is 24.3 Å². The molecule has 4 rings (SSSR count). The highest BCUT2D eigenvalue weighted by Crippen LogP contribution is 2.30. The number of amides is 2. The largest absolute Gasteiger partial charge is 0.348 e. The minimum Gasteiger partial charge on any atom is -0.348 e. The summed E-state index contributed by atoms with van der Waals surface area (Å²) >= 11 is 0. The summed E-state index contributed by atoms with van der Waals surface area (Å²) in [6.45, 7) is 4.65. The fraction of sp³-hybridized carbons (Fsp3) is 0.417. The van der Waals surface area contributed by atoms with Crippen molar-refractivity contribution >= 4 is 11.8 Å². The lowest BCUT2D eigenvalue weighted by Gasteiger charge is -2.35. The Morgan fingerprint density at radius 3 is 2.70 bits per heavy atom. The molecule has 2 amide bonds. The standard InChI is InChI=1S/C24H28N6O3/c1-16-19(24(32)26-14-18-8-4-3-5-9-18)15-25-23(27-16)20-10-6-7-13-30(20)22(31)12-11-21-28-17(2)29-33-21/h3-5,8-9,15,20H,6-7,10-14H2,1-2H3,(H,26,32). The van der Waals surface area contributed by atoms with Gasteiger partial charge in [-0.3, -0.25) is 9.59 Å². The molecule has 2 aromatic heterocycles. The maximum atomic E-state index is 13.0. The van der Waals surface area contributed by atoms with Gasteiger partial charge in [0, 0.05) is 32.1 Å². The Balaban J connectivity index is 1.42. The van der Waals surface area contributed by atoms with Crippen LogP contribution in [0, 0.1) is 13.8 Å². The van der Waals surface area contributed by atoms with Crippen LogP contribution in [0.25, 0.3) is 0 Å². The first-order chi connectivity index (χ1) is 16.0. The molecule has 172 valence electrons. The monoisotopic (exact) mass is 448 g/mol. The number of rotatable bonds is 7. The van der Waals surface area contributed by atoms with E-state index in [9.17, 15) is 9.59 Å². The van der Waals surface area contributed by atoms with Gasteiger partial charge in [0.15, 0.2) is 11.6 Å². The van der Waals surface area contributed by atoms with E-state index in [1.807, 2.05) is 35.2 Å². The Morgan fingerprint density at radius 2 is 1.97 bits per heavy atom. The van der Waals surface area contributed by atoms with Crippen LogP contribution in [0.4, 0.5) is 0 Å². The molecule has 0 spiro atoms. The summed E-state index contributed by atoms with van der Waals surface area (Å²) < 4.78 is 5.12. The van der Waals surface area contributed by atoms with E-state index in [4.69, 9.17) is 4.52 Å². The Kier molecular flexibility index (Phi) is 7.07. The molecule has 0 aliphatic carbocycles. The predicted octanol–water partition coefficient (Wildman–Crippen LogP) is 3.09. The van der Waals surface area contributed by atoms with Gasteiger partial charge >= 0.3 is 0 Å². The number of piperidine rings is 1. The van der Waals surface area contributed by atoms with Gasteiger partial charge in [-0.2, -0.15) is 4.98 Å².